The maximum Gasteiger partial charge on any atom is 0.270 e. The monoisotopic (exact) mass is 362 g/mol. The van der Waals surface area contributed by atoms with Gasteiger partial charge in [-0.3, -0.25) is 20.0 Å². The number of nitro groups is 1. The van der Waals surface area contributed by atoms with Crippen molar-refractivity contribution in [3.63, 3.8) is 0 Å². The smallest absolute Gasteiger partial charge is 0.270 e. The minimum atomic E-state index is -3.72. The van der Waals surface area contributed by atoms with Gasteiger partial charge in [0.2, 0.25) is 10.0 Å². The quantitative estimate of drug-likeness (QED) is 0.591. The molecule has 0 amide bonds. The van der Waals surface area contributed by atoms with Crippen LogP contribution in [0.25, 0.3) is 0 Å². The number of hydrogen-bond donors (Lipinski definition) is 0. The highest BCUT2D eigenvalue weighted by Crippen LogP contribution is 2.22. The van der Waals surface area contributed by atoms with E-state index < -0.39 is 14.9 Å². The highest BCUT2D eigenvalue weighted by molar-refractivity contribution is 7.89. The van der Waals surface area contributed by atoms with E-state index in [0.29, 0.717) is 26.2 Å². The van der Waals surface area contributed by atoms with Gasteiger partial charge in [0.15, 0.2) is 0 Å². The van der Waals surface area contributed by atoms with E-state index in [1.165, 1.54) is 22.5 Å². The lowest BCUT2D eigenvalue weighted by Crippen LogP contribution is -2.48. The molecule has 0 bridgehead atoms. The molecule has 2 aromatic rings. The van der Waals surface area contributed by atoms with Crippen LogP contribution >= 0.6 is 0 Å². The molecule has 132 valence electrons. The molecular formula is C16H18N4O4S. The van der Waals surface area contributed by atoms with Gasteiger partial charge in [0, 0.05) is 57.3 Å². The van der Waals surface area contributed by atoms with E-state index in [2.05, 4.69) is 9.88 Å². The second-order valence-electron chi connectivity index (χ2n) is 5.80. The molecule has 1 aromatic heterocycles. The fourth-order valence-electron chi connectivity index (χ4n) is 2.78. The zero-order chi connectivity index (χ0) is 17.9. The van der Waals surface area contributed by atoms with Crippen molar-refractivity contribution in [2.24, 2.45) is 0 Å². The van der Waals surface area contributed by atoms with Gasteiger partial charge in [-0.2, -0.15) is 4.31 Å². The summed E-state index contributed by atoms with van der Waals surface area (Å²) in [6, 6.07) is 9.04. The number of aromatic nitrogens is 1. The van der Waals surface area contributed by atoms with Gasteiger partial charge in [0.1, 0.15) is 0 Å². The van der Waals surface area contributed by atoms with Crippen LogP contribution in [-0.4, -0.2) is 53.7 Å². The zero-order valence-corrected chi connectivity index (χ0v) is 14.3. The first-order valence-corrected chi connectivity index (χ1v) is 9.27. The Labute approximate surface area is 145 Å². The number of nitrogens with zero attached hydrogens (tertiary/aromatic N) is 4. The Hall–Kier alpha value is -2.36. The van der Waals surface area contributed by atoms with Crippen LogP contribution in [0.2, 0.25) is 0 Å². The Morgan fingerprint density at radius 3 is 2.52 bits per heavy atom. The van der Waals surface area contributed by atoms with Crippen molar-refractivity contribution < 1.29 is 13.3 Å². The van der Waals surface area contributed by atoms with Crippen LogP contribution in [0.15, 0.2) is 53.7 Å². The SMILES string of the molecule is O=[N+]([O-])c1cccc(S(=O)(=O)N2CCN(Cc3cccnc3)CC2)c1. The molecule has 0 N–H and O–H groups in total. The van der Waals surface area contributed by atoms with E-state index in [1.54, 1.807) is 12.4 Å². The molecule has 3 rings (SSSR count). The molecule has 1 aromatic carbocycles. The third-order valence-electron chi connectivity index (χ3n) is 4.13. The first-order chi connectivity index (χ1) is 12.0. The van der Waals surface area contributed by atoms with Gasteiger partial charge >= 0.3 is 0 Å². The standard InChI is InChI=1S/C16H18N4O4S/c21-20(22)15-4-1-5-16(11-15)25(23,24)19-9-7-18(8-10-19)13-14-3-2-6-17-12-14/h1-6,11-12H,7-10,13H2. The number of rotatable bonds is 5. The Morgan fingerprint density at radius 1 is 1.12 bits per heavy atom. The lowest BCUT2D eigenvalue weighted by atomic mass is 10.2. The van der Waals surface area contributed by atoms with E-state index in [0.717, 1.165) is 18.2 Å². The molecular weight excluding hydrogens is 344 g/mol. The van der Waals surface area contributed by atoms with Crippen LogP contribution in [-0.2, 0) is 16.6 Å². The third-order valence-corrected chi connectivity index (χ3v) is 6.02. The molecule has 8 nitrogen and oxygen atoms in total. The molecule has 2 heterocycles. The molecule has 0 atom stereocenters. The minimum Gasteiger partial charge on any atom is -0.296 e. The topological polar surface area (TPSA) is 96.6 Å². The van der Waals surface area contributed by atoms with Crippen LogP contribution in [0.5, 0.6) is 0 Å². The summed E-state index contributed by atoms with van der Waals surface area (Å²) in [5.74, 6) is 0. The number of hydrogen-bond acceptors (Lipinski definition) is 6. The molecule has 0 saturated carbocycles. The van der Waals surface area contributed by atoms with Gasteiger partial charge in [-0.05, 0) is 17.7 Å². The first-order valence-electron chi connectivity index (χ1n) is 7.83. The van der Waals surface area contributed by atoms with Crippen molar-refractivity contribution in [1.82, 2.24) is 14.2 Å². The van der Waals surface area contributed by atoms with Crippen LogP contribution < -0.4 is 0 Å². The largest absolute Gasteiger partial charge is 0.296 e. The molecule has 1 fully saturated rings. The average Bonchev–Trinajstić information content (AvgIpc) is 2.63. The number of non-ortho nitro benzene ring substituents is 1. The van der Waals surface area contributed by atoms with E-state index in [1.807, 2.05) is 12.1 Å². The molecule has 9 heteroatoms. The number of nitro benzene ring substituents is 1. The van der Waals surface area contributed by atoms with Crippen molar-refractivity contribution in [1.29, 1.82) is 0 Å². The molecule has 0 spiro atoms. The number of benzene rings is 1. The minimum absolute atomic E-state index is 0.0394. The van der Waals surface area contributed by atoms with Gasteiger partial charge in [-0.1, -0.05) is 12.1 Å². The summed E-state index contributed by atoms with van der Waals surface area (Å²) in [7, 11) is -3.72. The Bertz CT molecular complexity index is 849. The zero-order valence-electron chi connectivity index (χ0n) is 13.5. The summed E-state index contributed by atoms with van der Waals surface area (Å²) in [4.78, 5) is 16.5. The number of pyridine rings is 1. The second kappa shape index (κ2) is 7.26. The van der Waals surface area contributed by atoms with Crippen LogP contribution in [0.1, 0.15) is 5.56 Å². The fraction of sp³-hybridized carbons (Fsp3) is 0.312. The highest BCUT2D eigenvalue weighted by atomic mass is 32.2. The van der Waals surface area contributed by atoms with Crippen molar-refractivity contribution in [2.75, 3.05) is 26.2 Å². The summed E-state index contributed by atoms with van der Waals surface area (Å²) in [5.41, 5.74) is 0.855. The highest BCUT2D eigenvalue weighted by Gasteiger charge is 2.29. The summed E-state index contributed by atoms with van der Waals surface area (Å²) < 4.78 is 26.8. The van der Waals surface area contributed by atoms with Gasteiger partial charge in [-0.25, -0.2) is 8.42 Å². The Kier molecular flexibility index (Phi) is 5.07. The van der Waals surface area contributed by atoms with Crippen molar-refractivity contribution in [2.45, 2.75) is 11.4 Å². The summed E-state index contributed by atoms with van der Waals surface area (Å²) >= 11 is 0. The maximum absolute atomic E-state index is 12.7. The average molecular weight is 362 g/mol. The van der Waals surface area contributed by atoms with E-state index >= 15 is 0 Å². The lowest BCUT2D eigenvalue weighted by Gasteiger charge is -2.33. The molecule has 25 heavy (non-hydrogen) atoms. The van der Waals surface area contributed by atoms with Crippen molar-refractivity contribution in [3.05, 3.63) is 64.5 Å². The molecule has 0 radical (unpaired) electrons. The Morgan fingerprint density at radius 2 is 1.88 bits per heavy atom. The fourth-order valence-corrected chi connectivity index (χ4v) is 4.25. The third kappa shape index (κ3) is 4.01. The number of piperazine rings is 1. The molecule has 1 aliphatic heterocycles. The molecule has 1 aliphatic rings. The normalized spacial score (nSPS) is 16.6. The number of sulfonamides is 1. The van der Waals surface area contributed by atoms with Crippen LogP contribution in [0.3, 0.4) is 0 Å². The summed E-state index contributed by atoms with van der Waals surface area (Å²) in [6.45, 7) is 2.63. The molecule has 0 unspecified atom stereocenters. The van der Waals surface area contributed by atoms with E-state index in [9.17, 15) is 18.5 Å². The Balaban J connectivity index is 1.67. The summed E-state index contributed by atoms with van der Waals surface area (Å²) in [5, 5.41) is 10.9. The maximum atomic E-state index is 12.7. The van der Waals surface area contributed by atoms with E-state index in [-0.39, 0.29) is 10.6 Å². The van der Waals surface area contributed by atoms with Gasteiger partial charge in [0.05, 0.1) is 9.82 Å². The van der Waals surface area contributed by atoms with Crippen LogP contribution in [0, 0.1) is 10.1 Å². The van der Waals surface area contributed by atoms with Gasteiger partial charge in [0.25, 0.3) is 5.69 Å². The molecule has 1 saturated heterocycles. The molecule has 0 aliphatic carbocycles. The van der Waals surface area contributed by atoms with Crippen molar-refractivity contribution >= 4 is 15.7 Å². The summed E-state index contributed by atoms with van der Waals surface area (Å²) in [6.07, 6.45) is 3.51. The predicted molar refractivity (Wildman–Crippen MR) is 91.4 cm³/mol. The van der Waals surface area contributed by atoms with Gasteiger partial charge < -0.3 is 0 Å². The second-order valence-corrected chi connectivity index (χ2v) is 7.73. The first kappa shape index (κ1) is 17.5. The van der Waals surface area contributed by atoms with Crippen molar-refractivity contribution in [3.8, 4) is 0 Å². The van der Waals surface area contributed by atoms with Gasteiger partial charge in [-0.15, -0.1) is 0 Å². The van der Waals surface area contributed by atoms with Crippen LogP contribution in [0.4, 0.5) is 5.69 Å². The van der Waals surface area contributed by atoms with E-state index in [4.69, 9.17) is 0 Å². The predicted octanol–water partition coefficient (Wildman–Crippen LogP) is 1.50. The lowest BCUT2D eigenvalue weighted by molar-refractivity contribution is -0.385.